The number of carboxylic acids is 1. The maximum Gasteiger partial charge on any atom is 0.303 e. The second kappa shape index (κ2) is 14.5. The molecule has 0 bridgehead atoms. The Bertz CT molecular complexity index is 358. The van der Waals surface area contributed by atoms with Gasteiger partial charge in [-0.3, -0.25) is 14.4 Å². The first-order valence-electron chi connectivity index (χ1n) is 8.49. The van der Waals surface area contributed by atoms with Gasteiger partial charge in [0.25, 0.3) is 0 Å². The first-order chi connectivity index (χ1) is 10.6. The van der Waals surface area contributed by atoms with Crippen LogP contribution < -0.4 is 0 Å². The Morgan fingerprint density at radius 3 is 2.14 bits per heavy atom. The fourth-order valence-corrected chi connectivity index (χ4v) is 2.21. The van der Waals surface area contributed by atoms with Gasteiger partial charge in [-0.1, -0.05) is 51.5 Å². The van der Waals surface area contributed by atoms with Gasteiger partial charge >= 0.3 is 5.97 Å². The predicted octanol–water partition coefficient (Wildman–Crippen LogP) is 4.47. The Kier molecular flexibility index (Phi) is 13.5. The van der Waals surface area contributed by atoms with Crippen LogP contribution in [0.3, 0.4) is 0 Å². The van der Waals surface area contributed by atoms with Gasteiger partial charge in [0.1, 0.15) is 5.78 Å². The fourth-order valence-electron chi connectivity index (χ4n) is 2.21. The Labute approximate surface area is 134 Å². The molecule has 0 radical (unpaired) electrons. The molecule has 0 aromatic heterocycles. The van der Waals surface area contributed by atoms with Crippen molar-refractivity contribution in [3.05, 3.63) is 12.2 Å². The molecule has 0 aromatic rings. The van der Waals surface area contributed by atoms with E-state index in [0.29, 0.717) is 19.3 Å². The zero-order valence-electron chi connectivity index (χ0n) is 13.8. The molecule has 0 rings (SSSR count). The zero-order valence-corrected chi connectivity index (χ0v) is 13.8. The molecule has 0 aliphatic carbocycles. The Morgan fingerprint density at radius 2 is 1.50 bits per heavy atom. The highest BCUT2D eigenvalue weighted by Gasteiger charge is 2.06. The van der Waals surface area contributed by atoms with Crippen LogP contribution >= 0.6 is 0 Å². The van der Waals surface area contributed by atoms with Crippen molar-refractivity contribution in [1.29, 1.82) is 0 Å². The van der Waals surface area contributed by atoms with Crippen LogP contribution in [0.2, 0.25) is 0 Å². The number of carbonyl (C=O) groups is 3. The van der Waals surface area contributed by atoms with Gasteiger partial charge in [0.15, 0.2) is 5.78 Å². The fraction of sp³-hybridized carbons (Fsp3) is 0.722. The minimum atomic E-state index is -0.829. The summed E-state index contributed by atoms with van der Waals surface area (Å²) in [6.45, 7) is 2.19. The molecule has 0 aliphatic heterocycles. The van der Waals surface area contributed by atoms with Crippen LogP contribution in [0.4, 0.5) is 0 Å². The molecule has 0 saturated heterocycles. The first kappa shape index (κ1) is 20.6. The number of hydrogen-bond acceptors (Lipinski definition) is 3. The molecule has 22 heavy (non-hydrogen) atoms. The van der Waals surface area contributed by atoms with Gasteiger partial charge in [0, 0.05) is 12.8 Å². The molecule has 0 spiro atoms. The van der Waals surface area contributed by atoms with Crippen LogP contribution in [0.25, 0.3) is 0 Å². The lowest BCUT2D eigenvalue weighted by Gasteiger charge is -2.00. The number of carbonyl (C=O) groups excluding carboxylic acids is 2. The van der Waals surface area contributed by atoms with Crippen molar-refractivity contribution in [2.24, 2.45) is 0 Å². The molecular weight excluding hydrogens is 280 g/mol. The molecular formula is C18H30O4. The molecule has 4 nitrogen and oxygen atoms in total. The summed E-state index contributed by atoms with van der Waals surface area (Å²) in [6, 6.07) is 0. The Hall–Kier alpha value is -1.45. The molecule has 0 atom stereocenters. The Balaban J connectivity index is 3.55. The van der Waals surface area contributed by atoms with Gasteiger partial charge in [-0.15, -0.1) is 0 Å². The van der Waals surface area contributed by atoms with E-state index in [4.69, 9.17) is 5.11 Å². The first-order valence-corrected chi connectivity index (χ1v) is 8.49. The number of carboxylic acid groups (broad SMARTS) is 1. The molecule has 0 unspecified atom stereocenters. The molecule has 0 amide bonds. The molecule has 4 heteroatoms. The monoisotopic (exact) mass is 310 g/mol. The highest BCUT2D eigenvalue weighted by Crippen LogP contribution is 2.09. The number of rotatable bonds is 15. The third-order valence-electron chi connectivity index (χ3n) is 3.50. The number of allylic oxidation sites excluding steroid dienone is 2. The molecule has 1 N–H and O–H groups in total. The van der Waals surface area contributed by atoms with Crippen LogP contribution in [-0.2, 0) is 14.4 Å². The normalized spacial score (nSPS) is 11.0. The van der Waals surface area contributed by atoms with Crippen LogP contribution in [-0.4, -0.2) is 22.6 Å². The summed E-state index contributed by atoms with van der Waals surface area (Å²) in [4.78, 5) is 33.5. The summed E-state index contributed by atoms with van der Waals surface area (Å²) < 4.78 is 0. The second-order valence-corrected chi connectivity index (χ2v) is 5.74. The highest BCUT2D eigenvalue weighted by molar-refractivity contribution is 6.04. The second-order valence-electron chi connectivity index (χ2n) is 5.74. The number of unbranched alkanes of at least 4 members (excludes halogenated alkanes) is 7. The summed E-state index contributed by atoms with van der Waals surface area (Å²) in [7, 11) is 0. The van der Waals surface area contributed by atoms with Crippen LogP contribution in [0.15, 0.2) is 12.2 Å². The third-order valence-corrected chi connectivity index (χ3v) is 3.50. The van der Waals surface area contributed by atoms with E-state index < -0.39 is 5.97 Å². The van der Waals surface area contributed by atoms with E-state index in [1.165, 1.54) is 38.2 Å². The SMILES string of the molecule is CCCCCCCCCC(=O)CC(=O)C=CCCCC(=O)O. The molecule has 0 aliphatic rings. The number of Topliss-reactive ketones (excluding diaryl/α,β-unsaturated/α-hetero) is 1. The van der Waals surface area contributed by atoms with Crippen molar-refractivity contribution in [3.63, 3.8) is 0 Å². The largest absolute Gasteiger partial charge is 0.481 e. The van der Waals surface area contributed by atoms with Gasteiger partial charge in [-0.25, -0.2) is 0 Å². The minimum Gasteiger partial charge on any atom is -0.481 e. The number of ketones is 2. The smallest absolute Gasteiger partial charge is 0.303 e. The van der Waals surface area contributed by atoms with E-state index in [9.17, 15) is 14.4 Å². The van der Waals surface area contributed by atoms with Gasteiger partial charge in [0.2, 0.25) is 0 Å². The lowest BCUT2D eigenvalue weighted by molar-refractivity contribution is -0.137. The van der Waals surface area contributed by atoms with Crippen molar-refractivity contribution in [3.8, 4) is 0 Å². The lowest BCUT2D eigenvalue weighted by Crippen LogP contribution is -2.05. The van der Waals surface area contributed by atoms with E-state index in [1.54, 1.807) is 6.08 Å². The van der Waals surface area contributed by atoms with Gasteiger partial charge < -0.3 is 5.11 Å². The van der Waals surface area contributed by atoms with E-state index in [2.05, 4.69) is 6.92 Å². The van der Waals surface area contributed by atoms with Crippen molar-refractivity contribution in [1.82, 2.24) is 0 Å². The van der Waals surface area contributed by atoms with Gasteiger partial charge in [-0.2, -0.15) is 0 Å². The topological polar surface area (TPSA) is 71.4 Å². The maximum atomic E-state index is 11.6. The summed E-state index contributed by atoms with van der Waals surface area (Å²) in [5.41, 5.74) is 0. The van der Waals surface area contributed by atoms with E-state index in [0.717, 1.165) is 12.8 Å². The molecule has 0 fully saturated rings. The lowest BCUT2D eigenvalue weighted by atomic mass is 10.0. The van der Waals surface area contributed by atoms with Crippen molar-refractivity contribution in [2.45, 2.75) is 84.0 Å². The van der Waals surface area contributed by atoms with Crippen molar-refractivity contribution in [2.75, 3.05) is 0 Å². The predicted molar refractivity (Wildman–Crippen MR) is 87.9 cm³/mol. The molecule has 126 valence electrons. The van der Waals surface area contributed by atoms with Crippen LogP contribution in [0.1, 0.15) is 84.0 Å². The van der Waals surface area contributed by atoms with E-state index in [1.807, 2.05) is 0 Å². The van der Waals surface area contributed by atoms with Gasteiger partial charge in [-0.05, 0) is 25.3 Å². The maximum absolute atomic E-state index is 11.6. The van der Waals surface area contributed by atoms with Gasteiger partial charge in [0.05, 0.1) is 6.42 Å². The Morgan fingerprint density at radius 1 is 0.864 bits per heavy atom. The van der Waals surface area contributed by atoms with Crippen LogP contribution in [0.5, 0.6) is 0 Å². The summed E-state index contributed by atoms with van der Waals surface area (Å²) in [5, 5.41) is 8.47. The van der Waals surface area contributed by atoms with Crippen molar-refractivity contribution >= 4 is 17.5 Å². The minimum absolute atomic E-state index is 0.00810. The average Bonchev–Trinajstić information content (AvgIpc) is 2.45. The third kappa shape index (κ3) is 14.9. The number of aliphatic carboxylic acids is 1. The molecule has 0 heterocycles. The van der Waals surface area contributed by atoms with Crippen LogP contribution in [0, 0.1) is 0 Å². The highest BCUT2D eigenvalue weighted by atomic mass is 16.4. The summed E-state index contributed by atoms with van der Waals surface area (Å²) >= 11 is 0. The summed E-state index contributed by atoms with van der Waals surface area (Å²) in [5.74, 6) is -0.999. The average molecular weight is 310 g/mol. The quantitative estimate of drug-likeness (QED) is 0.275. The number of hydrogen-bond donors (Lipinski definition) is 1. The van der Waals surface area contributed by atoms with Crippen molar-refractivity contribution < 1.29 is 19.5 Å². The zero-order chi connectivity index (χ0) is 16.6. The van der Waals surface area contributed by atoms with E-state index >= 15 is 0 Å². The van der Waals surface area contributed by atoms with E-state index in [-0.39, 0.29) is 24.4 Å². The standard InChI is InChI=1S/C18H30O4/c1-2-3-4-5-6-7-9-12-16(19)15-17(20)13-10-8-11-14-18(21)22/h10,13H,2-9,11-12,14-15H2,1H3,(H,21,22). The summed E-state index contributed by atoms with van der Waals surface area (Å²) in [6.07, 6.45) is 12.9. The molecule has 0 aromatic carbocycles. The molecule has 0 saturated carbocycles.